The molecule has 0 aromatic rings. The van der Waals surface area contributed by atoms with E-state index in [0.29, 0.717) is 19.5 Å². The molecule has 24 heavy (non-hydrogen) atoms. The number of hydrogen-bond donors (Lipinski definition) is 1. The molecule has 0 radical (unpaired) electrons. The van der Waals surface area contributed by atoms with Gasteiger partial charge >= 0.3 is 5.97 Å². The molecule has 4 nitrogen and oxygen atoms in total. The van der Waals surface area contributed by atoms with Gasteiger partial charge in [0.2, 0.25) is 5.91 Å². The largest absolute Gasteiger partial charge is 0.481 e. The smallest absolute Gasteiger partial charge is 0.307 e. The topological polar surface area (TPSA) is 57.6 Å². The van der Waals surface area contributed by atoms with Gasteiger partial charge in [0.25, 0.3) is 0 Å². The number of aliphatic carboxylic acids is 1. The number of carbonyl (C=O) groups excluding carboxylic acids is 1. The maximum Gasteiger partial charge on any atom is 0.307 e. The van der Waals surface area contributed by atoms with Crippen LogP contribution in [-0.2, 0) is 9.59 Å². The third-order valence-corrected chi connectivity index (χ3v) is 4.43. The normalized spacial score (nSPS) is 12.5. The van der Waals surface area contributed by atoms with E-state index < -0.39 is 11.9 Å². The summed E-state index contributed by atoms with van der Waals surface area (Å²) in [5.74, 6) is -1.40. The minimum atomic E-state index is -0.837. The minimum absolute atomic E-state index is 0.0359. The van der Waals surface area contributed by atoms with Gasteiger partial charge in [-0.1, -0.05) is 51.2 Å². The molecule has 0 aromatic heterocycles. The Bertz CT molecular complexity index is 362. The summed E-state index contributed by atoms with van der Waals surface area (Å²) in [7, 11) is 0. The molecule has 1 amide bonds. The van der Waals surface area contributed by atoms with Crippen molar-refractivity contribution in [1.29, 1.82) is 0 Å². The van der Waals surface area contributed by atoms with E-state index in [9.17, 15) is 14.7 Å². The van der Waals surface area contributed by atoms with E-state index in [0.717, 1.165) is 25.7 Å². The predicted molar refractivity (Wildman–Crippen MR) is 100 cm³/mol. The summed E-state index contributed by atoms with van der Waals surface area (Å²) < 4.78 is 0. The maximum atomic E-state index is 12.1. The fourth-order valence-electron chi connectivity index (χ4n) is 2.81. The van der Waals surface area contributed by atoms with Gasteiger partial charge in [0, 0.05) is 19.5 Å². The number of nitrogens with zero attached hydrogens (tertiary/aromatic N) is 1. The van der Waals surface area contributed by atoms with Crippen LogP contribution in [0.1, 0.15) is 85.0 Å². The van der Waals surface area contributed by atoms with Crippen molar-refractivity contribution in [3.63, 3.8) is 0 Å². The van der Waals surface area contributed by atoms with E-state index in [-0.39, 0.29) is 12.3 Å². The molecule has 0 aromatic carbocycles. The SMILES string of the molecule is CCC/C=C/CCCCCCCC(CC(=O)N(CC)CC)C(=O)O. The lowest BCUT2D eigenvalue weighted by molar-refractivity contribution is -0.146. The van der Waals surface area contributed by atoms with Crippen LogP contribution in [0.15, 0.2) is 12.2 Å². The highest BCUT2D eigenvalue weighted by Crippen LogP contribution is 2.17. The van der Waals surface area contributed by atoms with E-state index in [1.54, 1.807) is 4.90 Å². The van der Waals surface area contributed by atoms with Crippen LogP contribution in [0.3, 0.4) is 0 Å². The van der Waals surface area contributed by atoms with Crippen molar-refractivity contribution in [3.8, 4) is 0 Å². The molecular formula is C20H37NO3. The van der Waals surface area contributed by atoms with Gasteiger partial charge in [-0.25, -0.2) is 0 Å². The third-order valence-electron chi connectivity index (χ3n) is 4.43. The van der Waals surface area contributed by atoms with Crippen molar-refractivity contribution in [2.24, 2.45) is 5.92 Å². The first-order valence-corrected chi connectivity index (χ1v) is 9.72. The zero-order valence-electron chi connectivity index (χ0n) is 15.9. The summed E-state index contributed by atoms with van der Waals surface area (Å²) in [6.45, 7) is 7.33. The predicted octanol–water partition coefficient (Wildman–Crippen LogP) is 5.03. The molecule has 0 saturated carbocycles. The molecular weight excluding hydrogens is 302 g/mol. The van der Waals surface area contributed by atoms with Gasteiger partial charge in [-0.3, -0.25) is 9.59 Å². The summed E-state index contributed by atoms with van der Waals surface area (Å²) >= 11 is 0. The quantitative estimate of drug-likeness (QED) is 0.336. The molecule has 0 heterocycles. The van der Waals surface area contributed by atoms with Crippen LogP contribution in [0.5, 0.6) is 0 Å². The molecule has 0 rings (SSSR count). The molecule has 1 unspecified atom stereocenters. The number of hydrogen-bond acceptors (Lipinski definition) is 2. The van der Waals surface area contributed by atoms with Gasteiger partial charge in [0.05, 0.1) is 5.92 Å². The van der Waals surface area contributed by atoms with E-state index in [4.69, 9.17) is 0 Å². The number of amides is 1. The minimum Gasteiger partial charge on any atom is -0.481 e. The van der Waals surface area contributed by atoms with Crippen LogP contribution < -0.4 is 0 Å². The average molecular weight is 340 g/mol. The van der Waals surface area contributed by atoms with Crippen LogP contribution in [0.2, 0.25) is 0 Å². The second-order valence-corrected chi connectivity index (χ2v) is 6.41. The van der Waals surface area contributed by atoms with E-state index in [2.05, 4.69) is 19.1 Å². The second-order valence-electron chi connectivity index (χ2n) is 6.41. The molecule has 4 heteroatoms. The van der Waals surface area contributed by atoms with Gasteiger partial charge in [0.1, 0.15) is 0 Å². The summed E-state index contributed by atoms with van der Waals surface area (Å²) in [4.78, 5) is 25.1. The molecule has 140 valence electrons. The van der Waals surface area contributed by atoms with E-state index >= 15 is 0 Å². The van der Waals surface area contributed by atoms with Crippen LogP contribution in [0.4, 0.5) is 0 Å². The lowest BCUT2D eigenvalue weighted by atomic mass is 9.96. The first-order valence-electron chi connectivity index (χ1n) is 9.72. The molecule has 0 bridgehead atoms. The Morgan fingerprint density at radius 2 is 1.50 bits per heavy atom. The number of carbonyl (C=O) groups is 2. The Balaban J connectivity index is 3.87. The lowest BCUT2D eigenvalue weighted by Gasteiger charge is -2.21. The Labute approximate surface area is 148 Å². The Hall–Kier alpha value is -1.32. The second kappa shape index (κ2) is 15.2. The van der Waals surface area contributed by atoms with Gasteiger partial charge in [-0.05, 0) is 39.5 Å². The maximum absolute atomic E-state index is 12.1. The Kier molecular flexibility index (Phi) is 14.4. The number of carboxylic acids is 1. The van der Waals surface area contributed by atoms with E-state index in [1.165, 1.54) is 25.7 Å². The molecule has 0 aliphatic heterocycles. The van der Waals surface area contributed by atoms with Crippen LogP contribution in [-0.4, -0.2) is 35.0 Å². The Morgan fingerprint density at radius 3 is 2.08 bits per heavy atom. The monoisotopic (exact) mass is 339 g/mol. The number of rotatable bonds is 15. The van der Waals surface area contributed by atoms with Crippen LogP contribution >= 0.6 is 0 Å². The molecule has 0 fully saturated rings. The highest BCUT2D eigenvalue weighted by molar-refractivity contribution is 5.82. The highest BCUT2D eigenvalue weighted by atomic mass is 16.4. The van der Waals surface area contributed by atoms with Crippen molar-refractivity contribution in [2.75, 3.05) is 13.1 Å². The molecule has 1 N–H and O–H groups in total. The molecule has 0 saturated heterocycles. The van der Waals surface area contributed by atoms with Crippen molar-refractivity contribution in [3.05, 3.63) is 12.2 Å². The molecule has 1 atom stereocenters. The van der Waals surface area contributed by atoms with Gasteiger partial charge in [-0.15, -0.1) is 0 Å². The van der Waals surface area contributed by atoms with Crippen molar-refractivity contribution >= 4 is 11.9 Å². The highest BCUT2D eigenvalue weighted by Gasteiger charge is 2.22. The number of carboxylic acid groups (broad SMARTS) is 1. The third kappa shape index (κ3) is 11.3. The summed E-state index contributed by atoms with van der Waals surface area (Å²) in [6, 6.07) is 0. The molecule has 0 aliphatic rings. The van der Waals surface area contributed by atoms with Gasteiger partial charge < -0.3 is 10.0 Å². The molecule has 0 aliphatic carbocycles. The van der Waals surface area contributed by atoms with Crippen molar-refractivity contribution in [1.82, 2.24) is 4.90 Å². The summed E-state index contributed by atoms with van der Waals surface area (Å²) in [5.41, 5.74) is 0. The Morgan fingerprint density at radius 1 is 0.917 bits per heavy atom. The first kappa shape index (κ1) is 22.7. The summed E-state index contributed by atoms with van der Waals surface area (Å²) in [5, 5.41) is 9.31. The lowest BCUT2D eigenvalue weighted by Crippen LogP contribution is -2.33. The molecule has 0 spiro atoms. The van der Waals surface area contributed by atoms with Crippen LogP contribution in [0, 0.1) is 5.92 Å². The first-order chi connectivity index (χ1) is 11.6. The van der Waals surface area contributed by atoms with Gasteiger partial charge in [-0.2, -0.15) is 0 Å². The average Bonchev–Trinajstić information content (AvgIpc) is 2.56. The standard InChI is InChI=1S/C20H37NO3/c1-4-7-8-9-10-11-12-13-14-15-16-18(20(23)24)17-19(22)21(5-2)6-3/h8-9,18H,4-7,10-17H2,1-3H3,(H,23,24)/b9-8+. The summed E-state index contributed by atoms with van der Waals surface area (Å²) in [6.07, 6.45) is 14.3. The fourth-order valence-corrected chi connectivity index (χ4v) is 2.81. The zero-order chi connectivity index (χ0) is 18.2. The van der Waals surface area contributed by atoms with E-state index in [1.807, 2.05) is 13.8 Å². The van der Waals surface area contributed by atoms with Crippen molar-refractivity contribution < 1.29 is 14.7 Å². The van der Waals surface area contributed by atoms with Gasteiger partial charge in [0.15, 0.2) is 0 Å². The number of unbranched alkanes of at least 4 members (excludes halogenated alkanes) is 6. The zero-order valence-corrected chi connectivity index (χ0v) is 15.9. The fraction of sp³-hybridized carbons (Fsp3) is 0.800. The van der Waals surface area contributed by atoms with Crippen LogP contribution in [0.25, 0.3) is 0 Å². The van der Waals surface area contributed by atoms with Crippen molar-refractivity contribution in [2.45, 2.75) is 85.0 Å². The number of allylic oxidation sites excluding steroid dienone is 2.